The molecule has 2 heterocycles. The van der Waals surface area contributed by atoms with Crippen LogP contribution in [0.3, 0.4) is 0 Å². The number of rotatable bonds is 3. The van der Waals surface area contributed by atoms with Gasteiger partial charge in [-0.05, 0) is 12.1 Å². The molecule has 0 fully saturated rings. The van der Waals surface area contributed by atoms with Crippen molar-refractivity contribution in [3.8, 4) is 22.2 Å². The second-order valence-electron chi connectivity index (χ2n) is 3.58. The van der Waals surface area contributed by atoms with E-state index in [-0.39, 0.29) is 0 Å². The van der Waals surface area contributed by atoms with Gasteiger partial charge in [0.25, 0.3) is 5.89 Å². The van der Waals surface area contributed by atoms with Crippen LogP contribution in [-0.2, 0) is 0 Å². The Morgan fingerprint density at radius 3 is 2.94 bits per heavy atom. The molecule has 0 aliphatic heterocycles. The van der Waals surface area contributed by atoms with E-state index < -0.39 is 0 Å². The zero-order chi connectivity index (χ0) is 12.4. The fraction of sp³-hybridized carbons (Fsp3) is 0.0833. The van der Waals surface area contributed by atoms with Gasteiger partial charge < -0.3 is 9.84 Å². The minimum atomic E-state index is 0.503. The summed E-state index contributed by atoms with van der Waals surface area (Å²) in [7, 11) is 1.86. The molecule has 0 saturated heterocycles. The summed E-state index contributed by atoms with van der Waals surface area (Å²) in [6.07, 6.45) is 1.73. The highest BCUT2D eigenvalue weighted by atomic mass is 32.1. The maximum atomic E-state index is 5.29. The summed E-state index contributed by atoms with van der Waals surface area (Å²) >= 11 is 1.48. The number of hydrogen-bond acceptors (Lipinski definition) is 6. The molecular weight excluding hydrogens is 248 g/mol. The van der Waals surface area contributed by atoms with Crippen LogP contribution in [0, 0.1) is 0 Å². The quantitative estimate of drug-likeness (QED) is 0.782. The van der Waals surface area contributed by atoms with E-state index in [1.54, 1.807) is 11.7 Å². The maximum Gasteiger partial charge on any atom is 0.260 e. The predicted molar refractivity (Wildman–Crippen MR) is 70.4 cm³/mol. The van der Waals surface area contributed by atoms with E-state index in [1.165, 1.54) is 11.3 Å². The van der Waals surface area contributed by atoms with Crippen LogP contribution in [0.2, 0.25) is 0 Å². The molecule has 0 unspecified atom stereocenters. The van der Waals surface area contributed by atoms with Crippen LogP contribution >= 0.6 is 11.3 Å². The Labute approximate surface area is 108 Å². The van der Waals surface area contributed by atoms with E-state index in [0.29, 0.717) is 11.7 Å². The summed E-state index contributed by atoms with van der Waals surface area (Å²) in [6.45, 7) is 0. The minimum absolute atomic E-state index is 0.503. The van der Waals surface area contributed by atoms with Gasteiger partial charge in [0.1, 0.15) is 0 Å². The normalized spacial score (nSPS) is 10.5. The third kappa shape index (κ3) is 1.86. The molecule has 0 spiro atoms. The van der Waals surface area contributed by atoms with Crippen molar-refractivity contribution < 1.29 is 4.52 Å². The van der Waals surface area contributed by atoms with Gasteiger partial charge in [0.15, 0.2) is 0 Å². The molecule has 5 nitrogen and oxygen atoms in total. The lowest BCUT2D eigenvalue weighted by molar-refractivity contribution is 0.432. The van der Waals surface area contributed by atoms with E-state index >= 15 is 0 Å². The maximum absolute atomic E-state index is 5.29. The number of thiazole rings is 1. The second-order valence-corrected chi connectivity index (χ2v) is 4.47. The first-order valence-corrected chi connectivity index (χ1v) is 6.26. The fourth-order valence-electron chi connectivity index (χ4n) is 1.65. The van der Waals surface area contributed by atoms with Gasteiger partial charge in [-0.3, -0.25) is 4.98 Å². The van der Waals surface area contributed by atoms with Crippen molar-refractivity contribution >= 4 is 17.0 Å². The molecule has 0 atom stereocenters. The molecule has 2 aromatic heterocycles. The Morgan fingerprint density at radius 2 is 2.17 bits per heavy atom. The predicted octanol–water partition coefficient (Wildman–Crippen LogP) is 2.90. The van der Waals surface area contributed by atoms with Crippen LogP contribution in [0.25, 0.3) is 22.2 Å². The van der Waals surface area contributed by atoms with Crippen LogP contribution in [0.15, 0.2) is 40.5 Å². The topological polar surface area (TPSA) is 63.8 Å². The van der Waals surface area contributed by atoms with Gasteiger partial charge in [-0.15, -0.1) is 11.3 Å². The third-order valence-electron chi connectivity index (χ3n) is 2.51. The zero-order valence-electron chi connectivity index (χ0n) is 9.62. The summed E-state index contributed by atoms with van der Waals surface area (Å²) in [5.41, 5.74) is 3.59. The van der Waals surface area contributed by atoms with E-state index in [0.717, 1.165) is 16.1 Å². The highest BCUT2D eigenvalue weighted by Gasteiger charge is 2.13. The van der Waals surface area contributed by atoms with Crippen molar-refractivity contribution in [3.63, 3.8) is 0 Å². The van der Waals surface area contributed by atoms with Gasteiger partial charge in [-0.1, -0.05) is 17.3 Å². The number of aromatic nitrogens is 3. The molecule has 0 aliphatic rings. The van der Waals surface area contributed by atoms with Crippen LogP contribution in [0.1, 0.15) is 0 Å². The standard InChI is InChI=1S/C12H10N4OS/c1-13-9-5-3-2-4-8(9)12-15-11(16-17-12)10-6-14-7-18-10/h2-7,13H,1H3. The SMILES string of the molecule is CNc1ccccc1-c1nc(-c2cncs2)no1. The molecule has 6 heteroatoms. The summed E-state index contributed by atoms with van der Waals surface area (Å²) in [6, 6.07) is 7.80. The monoisotopic (exact) mass is 258 g/mol. The van der Waals surface area contributed by atoms with Gasteiger partial charge in [0.2, 0.25) is 5.82 Å². The van der Waals surface area contributed by atoms with Gasteiger partial charge in [0.05, 0.1) is 16.0 Å². The molecular formula is C12H10N4OS. The average molecular weight is 258 g/mol. The van der Waals surface area contributed by atoms with Crippen LogP contribution in [0.5, 0.6) is 0 Å². The minimum Gasteiger partial charge on any atom is -0.387 e. The van der Waals surface area contributed by atoms with E-state index in [1.807, 2.05) is 31.3 Å². The smallest absolute Gasteiger partial charge is 0.260 e. The Bertz CT molecular complexity index is 648. The van der Waals surface area contributed by atoms with E-state index in [9.17, 15) is 0 Å². The third-order valence-corrected chi connectivity index (χ3v) is 3.27. The van der Waals surface area contributed by atoms with E-state index in [2.05, 4.69) is 20.4 Å². The Hall–Kier alpha value is -2.21. The van der Waals surface area contributed by atoms with Crippen molar-refractivity contribution in [1.82, 2.24) is 15.1 Å². The summed E-state index contributed by atoms with van der Waals surface area (Å²) in [4.78, 5) is 9.28. The molecule has 0 amide bonds. The van der Waals surface area contributed by atoms with E-state index in [4.69, 9.17) is 4.52 Å². The van der Waals surface area contributed by atoms with Gasteiger partial charge in [-0.2, -0.15) is 4.98 Å². The van der Waals surface area contributed by atoms with Crippen LogP contribution < -0.4 is 5.32 Å². The van der Waals surface area contributed by atoms with Crippen LogP contribution in [0.4, 0.5) is 5.69 Å². The number of hydrogen-bond donors (Lipinski definition) is 1. The summed E-state index contributed by atoms with van der Waals surface area (Å²) < 4.78 is 5.29. The Balaban J connectivity index is 2.03. The van der Waals surface area contributed by atoms with Gasteiger partial charge in [-0.25, -0.2) is 0 Å². The molecule has 0 aliphatic carbocycles. The molecule has 0 radical (unpaired) electrons. The van der Waals surface area contributed by atoms with Gasteiger partial charge >= 0.3 is 0 Å². The lowest BCUT2D eigenvalue weighted by Crippen LogP contribution is -1.91. The second kappa shape index (κ2) is 4.58. The fourth-order valence-corrected chi connectivity index (χ4v) is 2.19. The summed E-state index contributed by atoms with van der Waals surface area (Å²) in [5, 5.41) is 7.07. The number of nitrogens with zero attached hydrogens (tertiary/aromatic N) is 3. The van der Waals surface area contributed by atoms with Crippen LogP contribution in [-0.4, -0.2) is 22.2 Å². The number of benzene rings is 1. The first kappa shape index (κ1) is 10.9. The molecule has 1 N–H and O–H groups in total. The largest absolute Gasteiger partial charge is 0.387 e. The molecule has 18 heavy (non-hydrogen) atoms. The van der Waals surface area contributed by atoms with Crippen molar-refractivity contribution in [3.05, 3.63) is 36.0 Å². The highest BCUT2D eigenvalue weighted by molar-refractivity contribution is 7.13. The highest BCUT2D eigenvalue weighted by Crippen LogP contribution is 2.28. The molecule has 0 bridgehead atoms. The summed E-state index contributed by atoms with van der Waals surface area (Å²) in [5.74, 6) is 1.07. The Kier molecular flexibility index (Phi) is 2.77. The average Bonchev–Trinajstić information content (AvgIpc) is 3.09. The molecule has 3 rings (SSSR count). The first-order chi connectivity index (χ1) is 8.88. The van der Waals surface area contributed by atoms with Crippen molar-refractivity contribution in [1.29, 1.82) is 0 Å². The number of anilines is 1. The molecule has 0 saturated carbocycles. The Morgan fingerprint density at radius 1 is 1.28 bits per heavy atom. The molecule has 3 aromatic rings. The lowest BCUT2D eigenvalue weighted by Gasteiger charge is -2.03. The first-order valence-electron chi connectivity index (χ1n) is 5.38. The number of para-hydroxylation sites is 1. The molecule has 90 valence electrons. The zero-order valence-corrected chi connectivity index (χ0v) is 10.4. The van der Waals surface area contributed by atoms with Crippen molar-refractivity contribution in [2.24, 2.45) is 0 Å². The van der Waals surface area contributed by atoms with Crippen molar-refractivity contribution in [2.45, 2.75) is 0 Å². The lowest BCUT2D eigenvalue weighted by atomic mass is 10.2. The molecule has 1 aromatic carbocycles. The number of nitrogens with one attached hydrogen (secondary N) is 1. The van der Waals surface area contributed by atoms with Crippen molar-refractivity contribution in [2.75, 3.05) is 12.4 Å². The van der Waals surface area contributed by atoms with Gasteiger partial charge in [0, 0.05) is 18.9 Å².